The zero-order valence-corrected chi connectivity index (χ0v) is 20.2. The molecule has 0 saturated carbocycles. The quantitative estimate of drug-likeness (QED) is 0.215. The molecule has 10 heteroatoms. The van der Waals surface area contributed by atoms with Crippen LogP contribution in [0.3, 0.4) is 0 Å². The smallest absolute Gasteiger partial charge is 0.355 e. The molecule has 2 heterocycles. The first kappa shape index (κ1) is 24.8. The minimum atomic E-state index is -4.40. The number of azo groups is 1. The summed E-state index contributed by atoms with van der Waals surface area (Å²) in [6.45, 7) is 2.09. The first-order chi connectivity index (χ1) is 18.3. The van der Waals surface area contributed by atoms with Crippen LogP contribution in [-0.4, -0.2) is 15.0 Å². The van der Waals surface area contributed by atoms with Gasteiger partial charge in [0.25, 0.3) is 5.95 Å². The topological polar surface area (TPSA) is 87.5 Å². The van der Waals surface area contributed by atoms with Crippen LogP contribution in [0.25, 0.3) is 10.9 Å². The van der Waals surface area contributed by atoms with E-state index in [1.807, 2.05) is 55.5 Å². The maximum atomic E-state index is 12.9. The average molecular weight is 514 g/mol. The largest absolute Gasteiger partial charge is 0.416 e. The van der Waals surface area contributed by atoms with Crippen molar-refractivity contribution in [2.75, 3.05) is 10.6 Å². The number of nitrogens with one attached hydrogen (secondary N) is 2. The van der Waals surface area contributed by atoms with Gasteiger partial charge in [0.05, 0.1) is 34.4 Å². The molecule has 0 atom stereocenters. The molecule has 0 bridgehead atoms. The Morgan fingerprint density at radius 3 is 2.26 bits per heavy atom. The lowest BCUT2D eigenvalue weighted by molar-refractivity contribution is -0.137. The third-order valence-corrected chi connectivity index (χ3v) is 5.63. The van der Waals surface area contributed by atoms with Crippen molar-refractivity contribution in [3.05, 3.63) is 108 Å². The molecule has 0 aliphatic rings. The highest BCUT2D eigenvalue weighted by atomic mass is 19.4. The summed E-state index contributed by atoms with van der Waals surface area (Å²) in [5.74, 6) is 0.245. The second-order valence-electron chi connectivity index (χ2n) is 8.47. The number of para-hydroxylation sites is 1. The fourth-order valence-electron chi connectivity index (χ4n) is 3.79. The Labute approximate surface area is 216 Å². The van der Waals surface area contributed by atoms with E-state index in [0.29, 0.717) is 17.1 Å². The molecule has 5 aromatic rings. The molecule has 0 fully saturated rings. The van der Waals surface area contributed by atoms with Crippen LogP contribution in [0.4, 0.5) is 41.9 Å². The van der Waals surface area contributed by atoms with Gasteiger partial charge in [-0.25, -0.2) is 9.97 Å². The summed E-state index contributed by atoms with van der Waals surface area (Å²) in [5, 5.41) is 15.5. The third-order valence-electron chi connectivity index (χ3n) is 5.63. The van der Waals surface area contributed by atoms with Gasteiger partial charge < -0.3 is 10.6 Å². The van der Waals surface area contributed by atoms with Crippen molar-refractivity contribution in [2.45, 2.75) is 19.6 Å². The lowest BCUT2D eigenvalue weighted by Crippen LogP contribution is -2.05. The van der Waals surface area contributed by atoms with Gasteiger partial charge in [0.2, 0.25) is 0 Å². The maximum absolute atomic E-state index is 12.9. The molecular formula is C28H22F3N7. The van der Waals surface area contributed by atoms with Crippen LogP contribution in [-0.2, 0) is 12.7 Å². The number of pyridine rings is 1. The summed E-state index contributed by atoms with van der Waals surface area (Å²) in [5.41, 5.74) is 4.19. The zero-order valence-electron chi connectivity index (χ0n) is 20.2. The van der Waals surface area contributed by atoms with Gasteiger partial charge in [-0.05, 0) is 67.6 Å². The molecule has 38 heavy (non-hydrogen) atoms. The maximum Gasteiger partial charge on any atom is 0.416 e. The first-order valence-electron chi connectivity index (χ1n) is 11.7. The minimum absolute atomic E-state index is 0.194. The zero-order chi connectivity index (χ0) is 26.5. The lowest BCUT2D eigenvalue weighted by atomic mass is 10.1. The fourth-order valence-corrected chi connectivity index (χ4v) is 3.79. The van der Waals surface area contributed by atoms with Crippen molar-refractivity contribution in [3.63, 3.8) is 0 Å². The molecule has 0 spiro atoms. The van der Waals surface area contributed by atoms with Crippen LogP contribution in [0.1, 0.15) is 17.0 Å². The van der Waals surface area contributed by atoms with Crippen molar-refractivity contribution in [2.24, 2.45) is 10.2 Å². The number of halogens is 3. The molecule has 7 nitrogen and oxygen atoms in total. The van der Waals surface area contributed by atoms with Gasteiger partial charge in [-0.1, -0.05) is 24.3 Å². The SMILES string of the molecule is Cc1nc(N=NCc2ccc(Nc3cccc(C(F)(F)F)c3)cn2)nc2cc(Nc3ccccc3)ccc12. The summed E-state index contributed by atoms with van der Waals surface area (Å²) in [7, 11) is 0. The average Bonchev–Trinajstić information content (AvgIpc) is 2.90. The summed E-state index contributed by atoms with van der Waals surface area (Å²) >= 11 is 0. The molecule has 0 unspecified atom stereocenters. The van der Waals surface area contributed by atoms with Crippen LogP contribution >= 0.6 is 0 Å². The molecule has 0 amide bonds. The van der Waals surface area contributed by atoms with Crippen molar-refractivity contribution < 1.29 is 13.2 Å². The molecule has 3 aromatic carbocycles. The Morgan fingerprint density at radius 2 is 1.50 bits per heavy atom. The van der Waals surface area contributed by atoms with E-state index in [2.05, 4.69) is 35.8 Å². The van der Waals surface area contributed by atoms with Crippen molar-refractivity contribution in [1.82, 2.24) is 15.0 Å². The van der Waals surface area contributed by atoms with Crippen molar-refractivity contribution >= 4 is 39.6 Å². The molecule has 0 aliphatic heterocycles. The van der Waals surface area contributed by atoms with Gasteiger partial charge in [0.1, 0.15) is 6.54 Å². The van der Waals surface area contributed by atoms with Crippen LogP contribution in [0, 0.1) is 6.92 Å². The molecule has 5 rings (SSSR count). The highest BCUT2D eigenvalue weighted by molar-refractivity contribution is 5.85. The van der Waals surface area contributed by atoms with Crippen molar-refractivity contribution in [1.29, 1.82) is 0 Å². The van der Waals surface area contributed by atoms with Crippen molar-refractivity contribution in [3.8, 4) is 0 Å². The molecule has 0 radical (unpaired) electrons. The number of benzene rings is 3. The number of alkyl halides is 3. The Kier molecular flexibility index (Phi) is 6.94. The summed E-state index contributed by atoms with van der Waals surface area (Å²) < 4.78 is 38.8. The first-order valence-corrected chi connectivity index (χ1v) is 11.7. The normalized spacial score (nSPS) is 11.7. The molecule has 0 aliphatic carbocycles. The highest BCUT2D eigenvalue weighted by Gasteiger charge is 2.30. The monoisotopic (exact) mass is 513 g/mol. The second-order valence-corrected chi connectivity index (χ2v) is 8.47. The van der Waals surface area contributed by atoms with Gasteiger partial charge in [-0.3, -0.25) is 4.98 Å². The van der Waals surface area contributed by atoms with E-state index in [4.69, 9.17) is 0 Å². The summed E-state index contributed by atoms with van der Waals surface area (Å²) in [6.07, 6.45) is -2.87. The Balaban J connectivity index is 1.25. The van der Waals surface area contributed by atoms with E-state index in [1.165, 1.54) is 12.3 Å². The minimum Gasteiger partial charge on any atom is -0.355 e. The molecule has 2 N–H and O–H groups in total. The Bertz CT molecular complexity index is 1580. The molecule has 0 saturated heterocycles. The number of aromatic nitrogens is 3. The second kappa shape index (κ2) is 10.6. The van der Waals surface area contributed by atoms with Crippen LogP contribution in [0.2, 0.25) is 0 Å². The van der Waals surface area contributed by atoms with Gasteiger partial charge >= 0.3 is 6.18 Å². The van der Waals surface area contributed by atoms with Gasteiger partial charge in [-0.15, -0.1) is 5.11 Å². The molecule has 2 aromatic heterocycles. The number of nitrogens with zero attached hydrogens (tertiary/aromatic N) is 5. The molecule has 190 valence electrons. The number of hydrogen-bond donors (Lipinski definition) is 2. The predicted molar refractivity (Wildman–Crippen MR) is 141 cm³/mol. The third kappa shape index (κ3) is 6.09. The van der Waals surface area contributed by atoms with Crippen LogP contribution in [0.5, 0.6) is 0 Å². The number of hydrogen-bond acceptors (Lipinski definition) is 7. The van der Waals surface area contributed by atoms with Crippen LogP contribution in [0.15, 0.2) is 101 Å². The Hall–Kier alpha value is -4.86. The molecular weight excluding hydrogens is 491 g/mol. The van der Waals surface area contributed by atoms with Crippen LogP contribution < -0.4 is 10.6 Å². The number of rotatable bonds is 7. The van der Waals surface area contributed by atoms with Gasteiger partial charge in [0.15, 0.2) is 0 Å². The van der Waals surface area contributed by atoms with Gasteiger partial charge in [-0.2, -0.15) is 18.3 Å². The summed E-state index contributed by atoms with van der Waals surface area (Å²) in [6, 6.07) is 24.2. The van der Waals surface area contributed by atoms with E-state index in [-0.39, 0.29) is 12.5 Å². The van der Waals surface area contributed by atoms with E-state index in [1.54, 1.807) is 18.2 Å². The van der Waals surface area contributed by atoms with E-state index >= 15 is 0 Å². The van der Waals surface area contributed by atoms with E-state index < -0.39 is 11.7 Å². The summed E-state index contributed by atoms with van der Waals surface area (Å²) in [4.78, 5) is 13.3. The standard InChI is InChI=1S/C28H22F3N7/c1-18-25-13-12-22(35-20-7-3-2-4-8-20)15-26(25)37-27(34-18)38-33-17-23-10-11-24(16-32-23)36-21-9-5-6-19(14-21)28(29,30)31/h2-16,35-36H,17H2,1H3. The van der Waals surface area contributed by atoms with E-state index in [9.17, 15) is 13.2 Å². The highest BCUT2D eigenvalue weighted by Crippen LogP contribution is 2.31. The number of fused-ring (bicyclic) bond motifs is 1. The Morgan fingerprint density at radius 1 is 0.763 bits per heavy atom. The number of anilines is 4. The van der Waals surface area contributed by atoms with E-state index in [0.717, 1.165) is 40.1 Å². The number of aryl methyl sites for hydroxylation is 1. The fraction of sp³-hybridized carbons (Fsp3) is 0.107. The van der Waals surface area contributed by atoms with Gasteiger partial charge in [0, 0.05) is 22.4 Å². The predicted octanol–water partition coefficient (Wildman–Crippen LogP) is 8.12. The lowest BCUT2D eigenvalue weighted by Gasteiger charge is -2.10.